The molecule has 0 spiro atoms. The van der Waals surface area contributed by atoms with E-state index in [-0.39, 0.29) is 5.91 Å². The molecule has 5 nitrogen and oxygen atoms in total. The second-order valence-corrected chi connectivity index (χ2v) is 6.63. The number of carbonyl (C=O) groups is 1. The van der Waals surface area contributed by atoms with Crippen LogP contribution in [0.15, 0.2) is 24.3 Å². The molecule has 1 aliphatic heterocycles. The molecule has 1 aromatic carbocycles. The Labute approximate surface area is 139 Å². The molecule has 5 heteroatoms. The second-order valence-electron chi connectivity index (χ2n) is 6.63. The highest BCUT2D eigenvalue weighted by atomic mass is 16.5. The molecule has 1 aromatic rings. The fourth-order valence-electron chi connectivity index (χ4n) is 3.06. The van der Waals surface area contributed by atoms with Gasteiger partial charge in [0.15, 0.2) is 0 Å². The SMILES string of the molecule is COc1ccccc1CN(C)C(=O)CN1CC(C)N(C)CC1C. The van der Waals surface area contributed by atoms with E-state index >= 15 is 0 Å². The molecule has 2 rings (SSSR count). The molecule has 1 amide bonds. The summed E-state index contributed by atoms with van der Waals surface area (Å²) in [5.74, 6) is 0.980. The van der Waals surface area contributed by atoms with Gasteiger partial charge in [-0.05, 0) is 27.0 Å². The van der Waals surface area contributed by atoms with Crippen LogP contribution in [0.4, 0.5) is 0 Å². The Morgan fingerprint density at radius 2 is 1.96 bits per heavy atom. The lowest BCUT2D eigenvalue weighted by atomic mass is 10.1. The van der Waals surface area contributed by atoms with Crippen LogP contribution in [0.1, 0.15) is 19.4 Å². The molecule has 23 heavy (non-hydrogen) atoms. The van der Waals surface area contributed by atoms with Crippen LogP contribution in [0.25, 0.3) is 0 Å². The number of piperazine rings is 1. The van der Waals surface area contributed by atoms with Crippen molar-refractivity contribution in [2.75, 3.05) is 40.8 Å². The van der Waals surface area contributed by atoms with Crippen LogP contribution >= 0.6 is 0 Å². The lowest BCUT2D eigenvalue weighted by Crippen LogP contribution is -2.56. The van der Waals surface area contributed by atoms with Crippen LogP contribution in [-0.4, -0.2) is 73.5 Å². The number of nitrogens with zero attached hydrogens (tertiary/aromatic N) is 3. The molecule has 0 bridgehead atoms. The van der Waals surface area contributed by atoms with E-state index in [0.717, 1.165) is 24.4 Å². The molecule has 0 N–H and O–H groups in total. The third kappa shape index (κ3) is 4.45. The average molecular weight is 319 g/mol. The first-order valence-corrected chi connectivity index (χ1v) is 8.22. The summed E-state index contributed by atoms with van der Waals surface area (Å²) in [6.07, 6.45) is 0. The summed E-state index contributed by atoms with van der Waals surface area (Å²) in [7, 11) is 5.67. The van der Waals surface area contributed by atoms with E-state index < -0.39 is 0 Å². The zero-order chi connectivity index (χ0) is 17.0. The number of likely N-dealkylation sites (N-methyl/N-ethyl adjacent to an activating group) is 2. The normalized spacial score (nSPS) is 22.8. The highest BCUT2D eigenvalue weighted by Gasteiger charge is 2.28. The molecule has 1 aliphatic rings. The smallest absolute Gasteiger partial charge is 0.236 e. The molecule has 0 saturated carbocycles. The standard InChI is InChI=1S/C18H29N3O2/c1-14-11-21(15(2)10-19(14)3)13-18(22)20(4)12-16-8-6-7-9-17(16)23-5/h6-9,14-15H,10-13H2,1-5H3. The van der Waals surface area contributed by atoms with Gasteiger partial charge in [0.1, 0.15) is 5.75 Å². The minimum atomic E-state index is 0.152. The third-order valence-electron chi connectivity index (χ3n) is 4.79. The van der Waals surface area contributed by atoms with Crippen molar-refractivity contribution < 1.29 is 9.53 Å². The second kappa shape index (κ2) is 7.79. The van der Waals surface area contributed by atoms with Crippen LogP contribution in [0.5, 0.6) is 5.75 Å². The van der Waals surface area contributed by atoms with Crippen LogP contribution in [0.2, 0.25) is 0 Å². The maximum Gasteiger partial charge on any atom is 0.236 e. The van der Waals surface area contributed by atoms with E-state index in [4.69, 9.17) is 4.74 Å². The van der Waals surface area contributed by atoms with Crippen molar-refractivity contribution in [2.45, 2.75) is 32.5 Å². The van der Waals surface area contributed by atoms with Gasteiger partial charge in [0.25, 0.3) is 0 Å². The maximum atomic E-state index is 12.6. The molecule has 1 saturated heterocycles. The molecule has 2 unspecified atom stereocenters. The summed E-state index contributed by atoms with van der Waals surface area (Å²) in [5.41, 5.74) is 1.03. The largest absolute Gasteiger partial charge is 0.496 e. The van der Waals surface area contributed by atoms with E-state index in [1.165, 1.54) is 0 Å². The van der Waals surface area contributed by atoms with Gasteiger partial charge in [-0.1, -0.05) is 18.2 Å². The minimum absolute atomic E-state index is 0.152. The van der Waals surface area contributed by atoms with Crippen molar-refractivity contribution in [1.29, 1.82) is 0 Å². The number of para-hydroxylation sites is 1. The monoisotopic (exact) mass is 319 g/mol. The zero-order valence-corrected chi connectivity index (χ0v) is 15.0. The number of methoxy groups -OCH3 is 1. The van der Waals surface area contributed by atoms with Crippen LogP contribution in [-0.2, 0) is 11.3 Å². The van der Waals surface area contributed by atoms with Gasteiger partial charge in [0.05, 0.1) is 13.7 Å². The van der Waals surface area contributed by atoms with Crippen LogP contribution < -0.4 is 4.74 Å². The third-order valence-corrected chi connectivity index (χ3v) is 4.79. The highest BCUT2D eigenvalue weighted by molar-refractivity contribution is 5.78. The molecular weight excluding hydrogens is 290 g/mol. The first-order valence-electron chi connectivity index (χ1n) is 8.22. The Morgan fingerprint density at radius 1 is 1.26 bits per heavy atom. The minimum Gasteiger partial charge on any atom is -0.496 e. The quantitative estimate of drug-likeness (QED) is 0.827. The van der Waals surface area contributed by atoms with Gasteiger partial charge in [0.2, 0.25) is 5.91 Å². The van der Waals surface area contributed by atoms with Gasteiger partial charge in [-0.15, -0.1) is 0 Å². The number of rotatable bonds is 5. The molecule has 1 fully saturated rings. The number of hydrogen-bond acceptors (Lipinski definition) is 4. The van der Waals surface area contributed by atoms with Crippen LogP contribution in [0.3, 0.4) is 0 Å². The van der Waals surface area contributed by atoms with Crippen molar-refractivity contribution in [3.8, 4) is 5.75 Å². The van der Waals surface area contributed by atoms with Gasteiger partial charge < -0.3 is 14.5 Å². The highest BCUT2D eigenvalue weighted by Crippen LogP contribution is 2.19. The summed E-state index contributed by atoms with van der Waals surface area (Å²) in [5, 5.41) is 0. The molecule has 128 valence electrons. The van der Waals surface area contributed by atoms with E-state index in [1.54, 1.807) is 12.0 Å². The number of amides is 1. The van der Waals surface area contributed by atoms with Gasteiger partial charge in [-0.2, -0.15) is 0 Å². The Kier molecular flexibility index (Phi) is 6.02. The van der Waals surface area contributed by atoms with Gasteiger partial charge in [-0.3, -0.25) is 9.69 Å². The zero-order valence-electron chi connectivity index (χ0n) is 15.0. The van der Waals surface area contributed by atoms with Crippen molar-refractivity contribution in [2.24, 2.45) is 0 Å². The number of benzene rings is 1. The van der Waals surface area contributed by atoms with Crippen molar-refractivity contribution in [1.82, 2.24) is 14.7 Å². The van der Waals surface area contributed by atoms with E-state index in [2.05, 4.69) is 30.7 Å². The molecule has 0 radical (unpaired) electrons. The lowest BCUT2D eigenvalue weighted by molar-refractivity contribution is -0.133. The van der Waals surface area contributed by atoms with Crippen molar-refractivity contribution >= 4 is 5.91 Å². The molecule has 0 aromatic heterocycles. The van der Waals surface area contributed by atoms with E-state index in [0.29, 0.717) is 25.2 Å². The Balaban J connectivity index is 1.95. The van der Waals surface area contributed by atoms with Crippen molar-refractivity contribution in [3.63, 3.8) is 0 Å². The van der Waals surface area contributed by atoms with E-state index in [9.17, 15) is 4.79 Å². The number of ether oxygens (including phenoxy) is 1. The Hall–Kier alpha value is -1.59. The fraction of sp³-hybridized carbons (Fsp3) is 0.611. The summed E-state index contributed by atoms with van der Waals surface area (Å²) < 4.78 is 5.36. The topological polar surface area (TPSA) is 36.0 Å². The first kappa shape index (κ1) is 17.8. The van der Waals surface area contributed by atoms with E-state index in [1.807, 2.05) is 31.3 Å². The lowest BCUT2D eigenvalue weighted by Gasteiger charge is -2.42. The van der Waals surface area contributed by atoms with Gasteiger partial charge in [0, 0.05) is 44.3 Å². The molecule has 1 heterocycles. The predicted octanol–water partition coefficient (Wildman–Crippen LogP) is 1.68. The number of hydrogen-bond donors (Lipinski definition) is 0. The summed E-state index contributed by atoms with van der Waals surface area (Å²) in [6, 6.07) is 8.73. The predicted molar refractivity (Wildman–Crippen MR) is 92.6 cm³/mol. The van der Waals surface area contributed by atoms with Crippen LogP contribution in [0, 0.1) is 0 Å². The fourth-order valence-corrected chi connectivity index (χ4v) is 3.06. The Bertz CT molecular complexity index is 535. The summed E-state index contributed by atoms with van der Waals surface area (Å²) in [6.45, 7) is 7.39. The summed E-state index contributed by atoms with van der Waals surface area (Å²) >= 11 is 0. The summed E-state index contributed by atoms with van der Waals surface area (Å²) in [4.78, 5) is 19.0. The van der Waals surface area contributed by atoms with Gasteiger partial charge >= 0.3 is 0 Å². The van der Waals surface area contributed by atoms with Gasteiger partial charge in [-0.25, -0.2) is 0 Å². The van der Waals surface area contributed by atoms with Crippen molar-refractivity contribution in [3.05, 3.63) is 29.8 Å². The molecule has 2 atom stereocenters. The number of carbonyl (C=O) groups excluding carboxylic acids is 1. The average Bonchev–Trinajstić information content (AvgIpc) is 2.53. The molecular formula is C18H29N3O2. The maximum absolute atomic E-state index is 12.6. The Morgan fingerprint density at radius 3 is 2.65 bits per heavy atom. The first-order chi connectivity index (χ1) is 10.9. The molecule has 0 aliphatic carbocycles.